The summed E-state index contributed by atoms with van der Waals surface area (Å²) in [5.41, 5.74) is 20.3. The first-order valence-electron chi connectivity index (χ1n) is 15.4. The number of aryl methyl sites for hydroxylation is 6. The van der Waals surface area contributed by atoms with E-state index in [0.29, 0.717) is 0 Å². The molecule has 0 radical (unpaired) electrons. The molecule has 0 nitrogen and oxygen atoms in total. The fraction of sp³-hybridized carbons (Fsp3) is 0.400. The Bertz CT molecular complexity index is 1430. The summed E-state index contributed by atoms with van der Waals surface area (Å²) < 4.78 is 0. The molecule has 0 amide bonds. The molecule has 1 aliphatic rings. The highest BCUT2D eigenvalue weighted by molar-refractivity contribution is 5.52. The molecule has 0 heterocycles. The van der Waals surface area contributed by atoms with Gasteiger partial charge in [-0.2, -0.15) is 0 Å². The van der Waals surface area contributed by atoms with E-state index in [1.54, 1.807) is 0 Å². The third-order valence-electron chi connectivity index (χ3n) is 10.1. The summed E-state index contributed by atoms with van der Waals surface area (Å²) in [5, 5.41) is 0. The minimum atomic E-state index is 0.0866. The first-order chi connectivity index (χ1) is 19.1. The molecular formula is C40H48. The van der Waals surface area contributed by atoms with Gasteiger partial charge in [0.2, 0.25) is 0 Å². The van der Waals surface area contributed by atoms with Gasteiger partial charge in [0.1, 0.15) is 0 Å². The van der Waals surface area contributed by atoms with Crippen LogP contribution in [0.2, 0.25) is 0 Å². The summed E-state index contributed by atoms with van der Waals surface area (Å²) >= 11 is 0. The van der Waals surface area contributed by atoms with Gasteiger partial charge < -0.3 is 0 Å². The number of hydrogen-bond donors (Lipinski definition) is 0. The summed E-state index contributed by atoms with van der Waals surface area (Å²) in [6.45, 7) is 18.2. The van der Waals surface area contributed by atoms with Gasteiger partial charge in [0.05, 0.1) is 0 Å². The maximum Gasteiger partial charge on any atom is 0.0203 e. The van der Waals surface area contributed by atoms with E-state index in [4.69, 9.17) is 0 Å². The topological polar surface area (TPSA) is 0 Å². The molecule has 5 rings (SSSR count). The highest BCUT2D eigenvalue weighted by Crippen LogP contribution is 2.47. The van der Waals surface area contributed by atoms with Crippen LogP contribution in [0.4, 0.5) is 0 Å². The SMILES string of the molecule is Cc1ccc(Cc2cc(C3(c4cc(C)c(C)c(Cc5ccc(C)cc5C)c4)CCCCC3)cc(C)c2C)c(C)c1. The summed E-state index contributed by atoms with van der Waals surface area (Å²) in [6, 6.07) is 24.1. The molecule has 0 aliphatic heterocycles. The van der Waals surface area contributed by atoms with E-state index < -0.39 is 0 Å². The van der Waals surface area contributed by atoms with E-state index in [-0.39, 0.29) is 5.41 Å². The minimum Gasteiger partial charge on any atom is -0.0590 e. The van der Waals surface area contributed by atoms with Gasteiger partial charge in [-0.15, -0.1) is 0 Å². The standard InChI is InChI=1S/C40H48/c1-26-12-14-34(30(5)18-26)22-36-24-38(20-28(3)32(36)7)40(16-10-9-11-17-40)39-21-29(4)33(8)37(25-39)23-35-15-13-27(2)19-31(35)6/h12-15,18-21,24-25H,9-11,16-17,22-23H2,1-8H3. The zero-order valence-corrected chi connectivity index (χ0v) is 26.2. The zero-order chi connectivity index (χ0) is 28.6. The monoisotopic (exact) mass is 528 g/mol. The second-order valence-electron chi connectivity index (χ2n) is 13.0. The van der Waals surface area contributed by atoms with Crippen LogP contribution < -0.4 is 0 Å². The normalized spacial score (nSPS) is 14.9. The molecule has 0 N–H and O–H groups in total. The lowest BCUT2D eigenvalue weighted by Crippen LogP contribution is -2.31. The second kappa shape index (κ2) is 11.4. The van der Waals surface area contributed by atoms with Crippen LogP contribution >= 0.6 is 0 Å². The molecule has 0 atom stereocenters. The Kier molecular flexibility index (Phi) is 8.10. The summed E-state index contributed by atoms with van der Waals surface area (Å²) in [7, 11) is 0. The van der Waals surface area contributed by atoms with Crippen LogP contribution in [0.15, 0.2) is 60.7 Å². The van der Waals surface area contributed by atoms with Gasteiger partial charge in [-0.25, -0.2) is 0 Å². The molecule has 0 heteroatoms. The van der Waals surface area contributed by atoms with Crippen LogP contribution in [0, 0.1) is 55.4 Å². The lowest BCUT2D eigenvalue weighted by atomic mass is 9.64. The molecule has 1 fully saturated rings. The lowest BCUT2D eigenvalue weighted by molar-refractivity contribution is 0.345. The van der Waals surface area contributed by atoms with E-state index in [1.165, 1.54) is 110 Å². The van der Waals surface area contributed by atoms with Gasteiger partial charge in [0.25, 0.3) is 0 Å². The minimum absolute atomic E-state index is 0.0866. The largest absolute Gasteiger partial charge is 0.0590 e. The fourth-order valence-electron chi connectivity index (χ4n) is 7.18. The van der Waals surface area contributed by atoms with Crippen LogP contribution in [-0.2, 0) is 18.3 Å². The first-order valence-corrected chi connectivity index (χ1v) is 15.4. The molecule has 0 bridgehead atoms. The van der Waals surface area contributed by atoms with Gasteiger partial charge >= 0.3 is 0 Å². The van der Waals surface area contributed by atoms with E-state index >= 15 is 0 Å². The third-order valence-corrected chi connectivity index (χ3v) is 10.1. The molecule has 1 aliphatic carbocycles. The Morgan fingerprint density at radius 3 is 1.27 bits per heavy atom. The number of hydrogen-bond acceptors (Lipinski definition) is 0. The second-order valence-corrected chi connectivity index (χ2v) is 13.0. The van der Waals surface area contributed by atoms with Crippen LogP contribution in [-0.4, -0.2) is 0 Å². The lowest BCUT2D eigenvalue weighted by Gasteiger charge is -2.40. The van der Waals surface area contributed by atoms with Crippen molar-refractivity contribution < 1.29 is 0 Å². The van der Waals surface area contributed by atoms with Crippen molar-refractivity contribution in [2.75, 3.05) is 0 Å². The average molecular weight is 529 g/mol. The van der Waals surface area contributed by atoms with E-state index in [1.807, 2.05) is 0 Å². The molecule has 0 aromatic heterocycles. The maximum atomic E-state index is 2.59. The van der Waals surface area contributed by atoms with Crippen molar-refractivity contribution in [1.82, 2.24) is 0 Å². The van der Waals surface area contributed by atoms with Crippen molar-refractivity contribution in [2.45, 2.75) is 106 Å². The number of benzene rings is 4. The molecule has 0 spiro atoms. The van der Waals surface area contributed by atoms with Gasteiger partial charge in [-0.3, -0.25) is 0 Å². The predicted molar refractivity (Wildman–Crippen MR) is 173 cm³/mol. The third kappa shape index (κ3) is 5.56. The van der Waals surface area contributed by atoms with Crippen molar-refractivity contribution in [3.63, 3.8) is 0 Å². The molecule has 0 saturated heterocycles. The Labute approximate surface area is 243 Å². The van der Waals surface area contributed by atoms with Crippen LogP contribution in [0.1, 0.15) is 110 Å². The van der Waals surface area contributed by atoms with Crippen molar-refractivity contribution >= 4 is 0 Å². The zero-order valence-electron chi connectivity index (χ0n) is 26.2. The predicted octanol–water partition coefficient (Wildman–Crippen LogP) is 10.6. The Morgan fingerprint density at radius 1 is 0.450 bits per heavy atom. The highest BCUT2D eigenvalue weighted by atomic mass is 14.4. The van der Waals surface area contributed by atoms with E-state index in [9.17, 15) is 0 Å². The molecule has 1 saturated carbocycles. The van der Waals surface area contributed by atoms with Crippen molar-refractivity contribution in [1.29, 1.82) is 0 Å². The van der Waals surface area contributed by atoms with E-state index in [0.717, 1.165) is 12.8 Å². The molecule has 4 aromatic carbocycles. The fourth-order valence-corrected chi connectivity index (χ4v) is 7.18. The van der Waals surface area contributed by atoms with Gasteiger partial charge in [0.15, 0.2) is 0 Å². The maximum absolute atomic E-state index is 2.59. The van der Waals surface area contributed by atoms with Crippen molar-refractivity contribution in [2.24, 2.45) is 0 Å². The molecule has 0 unspecified atom stereocenters. The smallest absolute Gasteiger partial charge is 0.0203 e. The van der Waals surface area contributed by atoms with Gasteiger partial charge in [0, 0.05) is 5.41 Å². The van der Waals surface area contributed by atoms with Crippen molar-refractivity contribution in [3.8, 4) is 0 Å². The Balaban J connectivity index is 1.62. The van der Waals surface area contributed by atoms with Crippen molar-refractivity contribution in [3.05, 3.63) is 139 Å². The van der Waals surface area contributed by atoms with Crippen LogP contribution in [0.5, 0.6) is 0 Å². The quantitative estimate of drug-likeness (QED) is 0.233. The first kappa shape index (κ1) is 28.4. The van der Waals surface area contributed by atoms with Crippen LogP contribution in [0.25, 0.3) is 0 Å². The summed E-state index contributed by atoms with van der Waals surface area (Å²) in [6.07, 6.45) is 8.45. The molecular weight excluding hydrogens is 480 g/mol. The summed E-state index contributed by atoms with van der Waals surface area (Å²) in [5.74, 6) is 0. The van der Waals surface area contributed by atoms with Gasteiger partial charge in [-0.1, -0.05) is 91.1 Å². The number of rotatable bonds is 6. The Hall–Kier alpha value is -3.12. The molecule has 40 heavy (non-hydrogen) atoms. The summed E-state index contributed by atoms with van der Waals surface area (Å²) in [4.78, 5) is 0. The average Bonchev–Trinajstić information content (AvgIpc) is 2.92. The Morgan fingerprint density at radius 2 is 0.875 bits per heavy atom. The highest BCUT2D eigenvalue weighted by Gasteiger charge is 2.37. The van der Waals surface area contributed by atoms with Crippen LogP contribution in [0.3, 0.4) is 0 Å². The van der Waals surface area contributed by atoms with Gasteiger partial charge in [-0.05, 0) is 148 Å². The molecule has 4 aromatic rings. The van der Waals surface area contributed by atoms with E-state index in [2.05, 4.69) is 116 Å². The molecule has 208 valence electrons.